The lowest BCUT2D eigenvalue weighted by Gasteiger charge is -2.62. The van der Waals surface area contributed by atoms with Gasteiger partial charge in [-0.3, -0.25) is 4.79 Å². The first-order valence-corrected chi connectivity index (χ1v) is 14.6. The fourth-order valence-corrected chi connectivity index (χ4v) is 10.9. The molecule has 8 rings (SSSR count). The molecule has 0 spiro atoms. The van der Waals surface area contributed by atoms with Gasteiger partial charge in [0.2, 0.25) is 5.91 Å². The third kappa shape index (κ3) is 4.51. The minimum atomic E-state index is -1.15. The lowest BCUT2D eigenvalue weighted by Crippen LogP contribution is -2.69. The van der Waals surface area contributed by atoms with Gasteiger partial charge in [0.25, 0.3) is 0 Å². The molecule has 8 fully saturated rings. The Balaban J connectivity index is 1.30. The second-order valence-electron chi connectivity index (χ2n) is 15.5. The average molecular weight is 533 g/mol. The number of alkyl carbamates (subject to hydrolysis) is 1. The molecule has 0 aromatic rings. The molecule has 0 radical (unpaired) electrons. The van der Waals surface area contributed by atoms with Crippen LogP contribution < -0.4 is 10.6 Å². The van der Waals surface area contributed by atoms with E-state index in [-0.39, 0.29) is 23.7 Å². The van der Waals surface area contributed by atoms with E-state index in [0.717, 1.165) is 12.8 Å². The summed E-state index contributed by atoms with van der Waals surface area (Å²) >= 11 is 0. The largest absolute Gasteiger partial charge is 0.480 e. The van der Waals surface area contributed by atoms with Gasteiger partial charge in [-0.05, 0) is 121 Å². The van der Waals surface area contributed by atoms with Gasteiger partial charge in [-0.25, -0.2) is 9.59 Å². The molecule has 8 aliphatic carbocycles. The molecule has 4 unspecified atom stereocenters. The van der Waals surface area contributed by atoms with Gasteiger partial charge in [0.05, 0.1) is 11.2 Å². The molecule has 0 aromatic carbocycles. The van der Waals surface area contributed by atoms with E-state index in [4.69, 9.17) is 4.74 Å². The standard InChI is InChI=1S/C29H44N2O7/c1-25(2,3)38-24(35)31-20(26-6-16-4-17(7-26)11-28(36,10-16)14-26)22(32)30-21(23(33)34)27-8-18-5-19(9-27)13-29(37,12-18)15-27/h16-21,36-37H,4-15H2,1-3H3,(H,30,32)(H,31,35)(H,33,34)/t16?,17?,18?,19?,20-,21-,26?,27?,28?,29?/m1/s1. The second kappa shape index (κ2) is 8.32. The number of aliphatic carboxylic acids is 1. The maximum absolute atomic E-state index is 14.2. The molecule has 38 heavy (non-hydrogen) atoms. The Kier molecular flexibility index (Phi) is 5.77. The molecule has 0 heterocycles. The summed E-state index contributed by atoms with van der Waals surface area (Å²) in [6, 6.07) is -2.15. The van der Waals surface area contributed by atoms with E-state index in [1.165, 1.54) is 0 Å². The highest BCUT2D eigenvalue weighted by Gasteiger charge is 2.64. The van der Waals surface area contributed by atoms with Crippen LogP contribution in [-0.2, 0) is 14.3 Å². The van der Waals surface area contributed by atoms with Crippen LogP contribution in [0.4, 0.5) is 4.79 Å². The van der Waals surface area contributed by atoms with Crippen molar-refractivity contribution in [2.45, 2.75) is 127 Å². The Morgan fingerprint density at radius 1 is 0.737 bits per heavy atom. The summed E-state index contributed by atoms with van der Waals surface area (Å²) in [7, 11) is 0. The fraction of sp³-hybridized carbons (Fsp3) is 0.897. The number of ether oxygens (including phenoxy) is 1. The molecule has 9 nitrogen and oxygen atoms in total. The zero-order valence-electron chi connectivity index (χ0n) is 22.9. The van der Waals surface area contributed by atoms with Crippen LogP contribution in [0.25, 0.3) is 0 Å². The van der Waals surface area contributed by atoms with Crippen LogP contribution in [0.5, 0.6) is 0 Å². The number of carboxylic acid groups (broad SMARTS) is 1. The minimum absolute atomic E-state index is 0.271. The van der Waals surface area contributed by atoms with E-state index in [1.807, 2.05) is 0 Å². The van der Waals surface area contributed by atoms with Crippen molar-refractivity contribution in [3.05, 3.63) is 0 Å². The highest BCUT2D eigenvalue weighted by molar-refractivity contribution is 5.90. The number of aliphatic hydroxyl groups is 2. The number of amides is 2. The normalized spacial score (nSPS) is 45.9. The Hall–Kier alpha value is -1.87. The van der Waals surface area contributed by atoms with Crippen molar-refractivity contribution in [1.82, 2.24) is 10.6 Å². The monoisotopic (exact) mass is 532 g/mol. The molecule has 8 saturated carbocycles. The minimum Gasteiger partial charge on any atom is -0.480 e. The van der Waals surface area contributed by atoms with Gasteiger partial charge < -0.3 is 30.7 Å². The lowest BCUT2D eigenvalue weighted by atomic mass is 9.45. The lowest BCUT2D eigenvalue weighted by molar-refractivity contribution is -0.188. The summed E-state index contributed by atoms with van der Waals surface area (Å²) < 4.78 is 5.53. The van der Waals surface area contributed by atoms with Crippen molar-refractivity contribution in [3.8, 4) is 0 Å². The quantitative estimate of drug-likeness (QED) is 0.353. The summed E-state index contributed by atoms with van der Waals surface area (Å²) in [6.45, 7) is 5.27. The van der Waals surface area contributed by atoms with E-state index in [1.54, 1.807) is 20.8 Å². The summed E-state index contributed by atoms with van der Waals surface area (Å²) in [5.41, 5.74) is -3.82. The molecular weight excluding hydrogens is 488 g/mol. The number of nitrogens with one attached hydrogen (secondary N) is 2. The van der Waals surface area contributed by atoms with Crippen LogP contribution in [-0.4, -0.2) is 62.2 Å². The molecule has 9 heteroatoms. The Morgan fingerprint density at radius 2 is 1.16 bits per heavy atom. The summed E-state index contributed by atoms with van der Waals surface area (Å²) in [5.74, 6) is -0.504. The SMILES string of the molecule is CC(C)(C)OC(=O)N[C@H](C(=O)N[C@H](C(=O)O)C12CC3CC(CC(O)(C3)C1)C2)C12CC3CC(CC(O)(C3)C1)C2. The topological polar surface area (TPSA) is 145 Å². The Labute approximate surface area is 224 Å². The smallest absolute Gasteiger partial charge is 0.408 e. The number of hydrogen-bond acceptors (Lipinski definition) is 6. The van der Waals surface area contributed by atoms with Crippen molar-refractivity contribution in [3.63, 3.8) is 0 Å². The molecule has 5 N–H and O–H groups in total. The highest BCUT2D eigenvalue weighted by Crippen LogP contribution is 2.64. The van der Waals surface area contributed by atoms with Gasteiger partial charge in [-0.1, -0.05) is 0 Å². The van der Waals surface area contributed by atoms with E-state index in [0.29, 0.717) is 64.2 Å². The maximum atomic E-state index is 14.2. The van der Waals surface area contributed by atoms with Crippen LogP contribution >= 0.6 is 0 Å². The van der Waals surface area contributed by atoms with Gasteiger partial charge in [0, 0.05) is 10.8 Å². The Bertz CT molecular complexity index is 1010. The number of hydrogen-bond donors (Lipinski definition) is 5. The third-order valence-electron chi connectivity index (χ3n) is 10.8. The van der Waals surface area contributed by atoms with Crippen LogP contribution in [0.3, 0.4) is 0 Å². The van der Waals surface area contributed by atoms with Crippen LogP contribution in [0, 0.1) is 34.5 Å². The van der Waals surface area contributed by atoms with Gasteiger partial charge in [-0.15, -0.1) is 0 Å². The predicted octanol–water partition coefficient (Wildman–Crippen LogP) is 3.11. The molecule has 0 aromatic heterocycles. The van der Waals surface area contributed by atoms with E-state index < -0.39 is 57.7 Å². The van der Waals surface area contributed by atoms with Crippen LogP contribution in [0.15, 0.2) is 0 Å². The third-order valence-corrected chi connectivity index (χ3v) is 10.8. The first-order chi connectivity index (χ1) is 17.6. The molecule has 0 saturated heterocycles. The number of rotatable bonds is 6. The molecule has 8 bridgehead atoms. The van der Waals surface area contributed by atoms with Gasteiger partial charge in [-0.2, -0.15) is 0 Å². The summed E-state index contributed by atoms with van der Waals surface area (Å²) in [5, 5.41) is 38.8. The fourth-order valence-electron chi connectivity index (χ4n) is 10.9. The van der Waals surface area contributed by atoms with Crippen molar-refractivity contribution in [2.24, 2.45) is 34.5 Å². The predicted molar refractivity (Wildman–Crippen MR) is 137 cm³/mol. The Morgan fingerprint density at radius 3 is 1.53 bits per heavy atom. The molecule has 0 aliphatic heterocycles. The van der Waals surface area contributed by atoms with E-state index in [2.05, 4.69) is 10.6 Å². The van der Waals surface area contributed by atoms with Crippen molar-refractivity contribution < 1.29 is 34.4 Å². The van der Waals surface area contributed by atoms with Crippen LogP contribution in [0.1, 0.15) is 97.8 Å². The molecule has 6 atom stereocenters. The first-order valence-electron chi connectivity index (χ1n) is 14.6. The highest BCUT2D eigenvalue weighted by atomic mass is 16.6. The average Bonchev–Trinajstić information content (AvgIpc) is 2.70. The first kappa shape index (κ1) is 26.4. The number of carbonyl (C=O) groups excluding carboxylic acids is 2. The van der Waals surface area contributed by atoms with Crippen molar-refractivity contribution in [1.29, 1.82) is 0 Å². The van der Waals surface area contributed by atoms with Crippen molar-refractivity contribution in [2.75, 3.05) is 0 Å². The molecular formula is C29H44N2O7. The molecule has 8 aliphatic rings. The molecule has 2 amide bonds. The summed E-state index contributed by atoms with van der Waals surface area (Å²) in [4.78, 5) is 39.9. The summed E-state index contributed by atoms with van der Waals surface area (Å²) in [6.07, 6.45) is 7.75. The maximum Gasteiger partial charge on any atom is 0.408 e. The molecule has 212 valence electrons. The zero-order chi connectivity index (χ0) is 27.3. The van der Waals surface area contributed by atoms with E-state index >= 15 is 0 Å². The zero-order valence-corrected chi connectivity index (χ0v) is 22.9. The van der Waals surface area contributed by atoms with E-state index in [9.17, 15) is 29.7 Å². The number of carbonyl (C=O) groups is 3. The second-order valence-corrected chi connectivity index (χ2v) is 15.5. The van der Waals surface area contributed by atoms with Crippen LogP contribution in [0.2, 0.25) is 0 Å². The van der Waals surface area contributed by atoms with Gasteiger partial charge >= 0.3 is 12.1 Å². The number of carboxylic acids is 1. The van der Waals surface area contributed by atoms with Crippen molar-refractivity contribution >= 4 is 18.0 Å². The van der Waals surface area contributed by atoms with Gasteiger partial charge in [0.1, 0.15) is 17.7 Å². The van der Waals surface area contributed by atoms with Gasteiger partial charge in [0.15, 0.2) is 0 Å².